The minimum Gasteiger partial charge on any atom is -0.490 e. The Bertz CT molecular complexity index is 1300. The average molecular weight is 504 g/mol. The summed E-state index contributed by atoms with van der Waals surface area (Å²) in [5.74, 6) is -3.44. The molecule has 0 bridgehead atoms. The lowest BCUT2D eigenvalue weighted by Gasteiger charge is -2.54. The summed E-state index contributed by atoms with van der Waals surface area (Å²) in [5.41, 5.74) is -0.310. The van der Waals surface area contributed by atoms with Gasteiger partial charge in [-0.25, -0.2) is 30.3 Å². The monoisotopic (exact) mass is 503 g/mol. The molecule has 11 heteroatoms. The summed E-state index contributed by atoms with van der Waals surface area (Å²) < 4.78 is 88.9. The van der Waals surface area contributed by atoms with Crippen LogP contribution < -0.4 is 9.46 Å². The molecule has 0 radical (unpaired) electrons. The molecule has 0 spiro atoms. The predicted molar refractivity (Wildman–Crippen MR) is 114 cm³/mol. The number of hydrogen-bond donors (Lipinski definition) is 1. The Hall–Kier alpha value is -1.75. The lowest BCUT2D eigenvalue weighted by atomic mass is 9.64. The van der Waals surface area contributed by atoms with Crippen molar-refractivity contribution in [1.29, 1.82) is 0 Å². The van der Waals surface area contributed by atoms with Gasteiger partial charge in [0.15, 0.2) is 21.4 Å². The summed E-state index contributed by atoms with van der Waals surface area (Å²) in [6.07, 6.45) is 0.295. The molecule has 1 saturated carbocycles. The van der Waals surface area contributed by atoms with Crippen molar-refractivity contribution in [3.63, 3.8) is 0 Å². The highest BCUT2D eigenvalue weighted by molar-refractivity contribution is 7.92. The molecular formula is C21H20ClF2NO5S2. The predicted octanol–water partition coefficient (Wildman–Crippen LogP) is 3.40. The molecule has 6 nitrogen and oxygen atoms in total. The number of hydrogen-bond acceptors (Lipinski definition) is 5. The van der Waals surface area contributed by atoms with Gasteiger partial charge in [-0.15, -0.1) is 0 Å². The highest BCUT2D eigenvalue weighted by Crippen LogP contribution is 2.59. The van der Waals surface area contributed by atoms with Crippen LogP contribution in [0.15, 0.2) is 41.3 Å². The summed E-state index contributed by atoms with van der Waals surface area (Å²) in [6, 6.07) is 6.91. The van der Waals surface area contributed by atoms with Gasteiger partial charge in [-0.1, -0.05) is 11.6 Å². The van der Waals surface area contributed by atoms with Gasteiger partial charge in [-0.3, -0.25) is 0 Å². The molecule has 2 heterocycles. The lowest BCUT2D eigenvalue weighted by Crippen LogP contribution is -2.62. The lowest BCUT2D eigenvalue weighted by molar-refractivity contribution is 0.0537. The first-order valence-electron chi connectivity index (χ1n) is 10.2. The van der Waals surface area contributed by atoms with Gasteiger partial charge in [-0.05, 0) is 61.6 Å². The molecule has 1 N–H and O–H groups in total. The van der Waals surface area contributed by atoms with Crippen LogP contribution in [0.3, 0.4) is 0 Å². The Labute approximate surface area is 189 Å². The molecule has 1 aliphatic carbocycles. The van der Waals surface area contributed by atoms with Crippen LogP contribution in [0.4, 0.5) is 8.78 Å². The molecule has 2 aromatic rings. The topological polar surface area (TPSA) is 89.5 Å². The van der Waals surface area contributed by atoms with E-state index in [1.54, 1.807) is 0 Å². The Kier molecular flexibility index (Phi) is 5.09. The molecule has 3 aliphatic rings. The normalized spacial score (nSPS) is 31.0. The smallest absolute Gasteiger partial charge is 0.211 e. The number of nitrogens with one attached hydrogen (secondary N) is 1. The first-order chi connectivity index (χ1) is 15.1. The van der Waals surface area contributed by atoms with Gasteiger partial charge in [0.2, 0.25) is 10.0 Å². The molecule has 4 atom stereocenters. The van der Waals surface area contributed by atoms with E-state index in [9.17, 15) is 21.2 Å². The van der Waals surface area contributed by atoms with Gasteiger partial charge in [0.1, 0.15) is 10.6 Å². The molecule has 2 unspecified atom stereocenters. The van der Waals surface area contributed by atoms with Crippen LogP contribution in [0.1, 0.15) is 24.8 Å². The number of rotatable bonds is 2. The number of sulfone groups is 1. The van der Waals surface area contributed by atoms with E-state index >= 15 is 4.39 Å². The number of sulfonamides is 1. The number of ether oxygens (including phenoxy) is 1. The van der Waals surface area contributed by atoms with Gasteiger partial charge in [-0.2, -0.15) is 0 Å². The van der Waals surface area contributed by atoms with E-state index in [2.05, 4.69) is 4.72 Å². The maximum atomic E-state index is 15.3. The van der Waals surface area contributed by atoms with Crippen molar-refractivity contribution < 1.29 is 30.4 Å². The third-order valence-corrected chi connectivity index (χ3v) is 11.3. The van der Waals surface area contributed by atoms with Gasteiger partial charge in [0.25, 0.3) is 0 Å². The van der Waals surface area contributed by atoms with Crippen LogP contribution in [0.5, 0.6) is 5.75 Å². The van der Waals surface area contributed by atoms with E-state index < -0.39 is 59.9 Å². The molecule has 0 aromatic heterocycles. The van der Waals surface area contributed by atoms with E-state index in [-0.39, 0.29) is 42.1 Å². The van der Waals surface area contributed by atoms with Gasteiger partial charge in [0.05, 0.1) is 22.8 Å². The summed E-state index contributed by atoms with van der Waals surface area (Å²) in [7, 11) is -7.72. The zero-order valence-electron chi connectivity index (χ0n) is 16.7. The summed E-state index contributed by atoms with van der Waals surface area (Å²) in [4.78, 5) is -0.0572. The second-order valence-corrected chi connectivity index (χ2v) is 13.0. The van der Waals surface area contributed by atoms with Crippen LogP contribution >= 0.6 is 11.6 Å². The Morgan fingerprint density at radius 3 is 2.47 bits per heavy atom. The fourth-order valence-corrected chi connectivity index (χ4v) is 9.61. The standard InChI is InChI=1S/C21H20ClF2NO5S2/c22-12-1-3-13(4-2-12)32(28,29)21-9-7-18-14(8-10-31(26,27)25-18)15(21)11-30-20-17(24)6-5-16(23)19(20)21/h1-6,14-15,18,25H,7-11H2/t14?,15-,18?,21-/m1/s1. The van der Waals surface area contributed by atoms with Crippen molar-refractivity contribution in [2.45, 2.75) is 34.9 Å². The number of fused-ring (bicyclic) bond motifs is 5. The number of benzene rings is 2. The summed E-state index contributed by atoms with van der Waals surface area (Å²) in [5, 5.41) is 0.341. The zero-order chi connectivity index (χ0) is 22.9. The first kappa shape index (κ1) is 22.1. The average Bonchev–Trinajstić information content (AvgIpc) is 2.75. The summed E-state index contributed by atoms with van der Waals surface area (Å²) in [6.45, 7) is -0.164. The minimum atomic E-state index is -4.26. The Morgan fingerprint density at radius 2 is 1.75 bits per heavy atom. The fourth-order valence-electron chi connectivity index (χ4n) is 5.63. The molecular weight excluding hydrogens is 484 g/mol. The van der Waals surface area contributed by atoms with Crippen LogP contribution in [0.2, 0.25) is 5.02 Å². The summed E-state index contributed by atoms with van der Waals surface area (Å²) >= 11 is 5.94. The van der Waals surface area contributed by atoms with Gasteiger partial charge in [0, 0.05) is 17.0 Å². The van der Waals surface area contributed by atoms with Crippen molar-refractivity contribution in [1.82, 2.24) is 4.72 Å². The molecule has 172 valence electrons. The highest BCUT2D eigenvalue weighted by Gasteiger charge is 2.63. The maximum absolute atomic E-state index is 15.3. The molecule has 2 aromatic carbocycles. The number of halogens is 3. The third-order valence-electron chi connectivity index (χ3n) is 7.00. The quantitative estimate of drug-likeness (QED) is 0.678. The molecule has 32 heavy (non-hydrogen) atoms. The maximum Gasteiger partial charge on any atom is 0.211 e. The van der Waals surface area contributed by atoms with E-state index in [0.29, 0.717) is 5.02 Å². The van der Waals surface area contributed by atoms with Crippen LogP contribution in [-0.4, -0.2) is 35.2 Å². The van der Waals surface area contributed by atoms with Crippen LogP contribution in [0.25, 0.3) is 0 Å². The van der Waals surface area contributed by atoms with Gasteiger partial charge < -0.3 is 4.74 Å². The minimum absolute atomic E-state index is 0.0572. The van der Waals surface area contributed by atoms with Crippen molar-refractivity contribution >= 4 is 31.5 Å². The highest BCUT2D eigenvalue weighted by atomic mass is 35.5. The van der Waals surface area contributed by atoms with Crippen LogP contribution in [0, 0.1) is 23.5 Å². The Morgan fingerprint density at radius 1 is 1.06 bits per heavy atom. The van der Waals surface area contributed by atoms with Gasteiger partial charge >= 0.3 is 0 Å². The van der Waals surface area contributed by atoms with Crippen LogP contribution in [-0.2, 0) is 24.6 Å². The molecule has 5 rings (SSSR count). The third kappa shape index (κ3) is 3.10. The van der Waals surface area contributed by atoms with E-state index in [0.717, 1.165) is 12.1 Å². The van der Waals surface area contributed by atoms with Crippen molar-refractivity contribution in [3.05, 3.63) is 58.6 Å². The first-order valence-corrected chi connectivity index (χ1v) is 13.7. The van der Waals surface area contributed by atoms with Crippen molar-refractivity contribution in [3.8, 4) is 5.75 Å². The van der Waals surface area contributed by atoms with Crippen molar-refractivity contribution in [2.75, 3.05) is 12.4 Å². The zero-order valence-corrected chi connectivity index (χ0v) is 19.1. The molecule has 1 saturated heterocycles. The van der Waals surface area contributed by atoms with E-state index in [1.165, 1.54) is 24.3 Å². The molecule has 0 amide bonds. The fraction of sp³-hybridized carbons (Fsp3) is 0.429. The SMILES string of the molecule is O=S1(=O)CCC2C(CC[C@]3(S(=O)(=O)c4ccc(Cl)cc4)c4c(F)ccc(F)c4OC[C@H]23)N1. The molecule has 2 fully saturated rings. The second-order valence-electron chi connectivity index (χ2n) is 8.53. The van der Waals surface area contributed by atoms with E-state index in [4.69, 9.17) is 16.3 Å². The Balaban J connectivity index is 1.76. The largest absolute Gasteiger partial charge is 0.490 e. The molecule has 2 aliphatic heterocycles. The van der Waals surface area contributed by atoms with E-state index in [1.807, 2.05) is 0 Å². The van der Waals surface area contributed by atoms with Crippen molar-refractivity contribution in [2.24, 2.45) is 11.8 Å². The second kappa shape index (κ2) is 7.38.